The molecule has 29 heavy (non-hydrogen) atoms. The fourth-order valence-electron chi connectivity index (χ4n) is 4.52. The van der Waals surface area contributed by atoms with Crippen molar-refractivity contribution in [1.82, 2.24) is 0 Å². The molecule has 0 amide bonds. The zero-order valence-electron chi connectivity index (χ0n) is 16.7. The molecule has 0 fully saturated rings. The van der Waals surface area contributed by atoms with Gasteiger partial charge in [0.1, 0.15) is 36.1 Å². The van der Waals surface area contributed by atoms with E-state index in [1.54, 1.807) is 20.3 Å². The molecule has 0 radical (unpaired) electrons. The lowest BCUT2D eigenvalue weighted by Crippen LogP contribution is -2.42. The molecule has 152 valence electrons. The highest BCUT2D eigenvalue weighted by atomic mass is 16.5. The number of methoxy groups -OCH3 is 2. The molecule has 3 heterocycles. The summed E-state index contributed by atoms with van der Waals surface area (Å²) in [6.45, 7) is 6.32. The van der Waals surface area contributed by atoms with Crippen molar-refractivity contribution in [3.63, 3.8) is 0 Å². The number of rotatable bonds is 3. The normalized spacial score (nSPS) is 25.9. The van der Waals surface area contributed by atoms with Crippen molar-refractivity contribution in [1.29, 1.82) is 0 Å². The molecule has 3 aliphatic rings. The number of fused-ring (bicyclic) bond motifs is 6. The Balaban J connectivity index is 1.57. The van der Waals surface area contributed by atoms with Crippen LogP contribution in [0.3, 0.4) is 0 Å². The van der Waals surface area contributed by atoms with Gasteiger partial charge in [0.05, 0.1) is 26.2 Å². The Bertz CT molecular complexity index is 997. The fourth-order valence-corrected chi connectivity index (χ4v) is 4.52. The summed E-state index contributed by atoms with van der Waals surface area (Å²) in [4.78, 5) is 0. The van der Waals surface area contributed by atoms with Gasteiger partial charge in [-0.3, -0.25) is 0 Å². The number of benzene rings is 2. The van der Waals surface area contributed by atoms with Crippen LogP contribution in [0.25, 0.3) is 0 Å². The minimum atomic E-state index is -0.723. The van der Waals surface area contributed by atoms with Gasteiger partial charge in [0, 0.05) is 29.2 Å². The van der Waals surface area contributed by atoms with Crippen LogP contribution in [-0.2, 0) is 6.42 Å². The summed E-state index contributed by atoms with van der Waals surface area (Å²) in [6.07, 6.45) is -0.396. The summed E-state index contributed by atoms with van der Waals surface area (Å²) in [5.74, 6) is 3.13. The molecular weight excluding hydrogens is 372 g/mol. The van der Waals surface area contributed by atoms with Crippen molar-refractivity contribution in [3.05, 3.63) is 53.1 Å². The topological polar surface area (TPSA) is 66.4 Å². The smallest absolute Gasteiger partial charge is 0.164 e. The predicted octanol–water partition coefficient (Wildman–Crippen LogP) is 3.55. The molecule has 6 nitrogen and oxygen atoms in total. The maximum atomic E-state index is 11.3. The van der Waals surface area contributed by atoms with Crippen LogP contribution in [0.15, 0.2) is 36.4 Å². The number of hydrogen-bond donors (Lipinski definition) is 1. The first-order chi connectivity index (χ1) is 14.0. The van der Waals surface area contributed by atoms with E-state index in [1.165, 1.54) is 0 Å². The van der Waals surface area contributed by atoms with Crippen LogP contribution < -0.4 is 23.7 Å². The van der Waals surface area contributed by atoms with Crippen molar-refractivity contribution < 1.29 is 28.8 Å². The minimum Gasteiger partial charge on any atom is -0.493 e. The SMILES string of the molecule is C=C(C)[C@H]1Cc2c(ccc3c2OC2COc4cc(OC)c(OC)cc4C2C3O)O1. The molecule has 0 aliphatic carbocycles. The number of aliphatic hydroxyl groups excluding tert-OH is 1. The highest BCUT2D eigenvalue weighted by Crippen LogP contribution is 2.53. The first-order valence-corrected chi connectivity index (χ1v) is 9.73. The Morgan fingerprint density at radius 2 is 1.83 bits per heavy atom. The second-order valence-corrected chi connectivity index (χ2v) is 7.80. The van der Waals surface area contributed by atoms with Crippen molar-refractivity contribution in [2.45, 2.75) is 37.6 Å². The molecule has 4 atom stereocenters. The second kappa shape index (κ2) is 6.59. The minimum absolute atomic E-state index is 0.0602. The van der Waals surface area contributed by atoms with Gasteiger partial charge in [-0.25, -0.2) is 0 Å². The van der Waals surface area contributed by atoms with E-state index < -0.39 is 6.10 Å². The van der Waals surface area contributed by atoms with Crippen molar-refractivity contribution >= 4 is 0 Å². The van der Waals surface area contributed by atoms with Crippen LogP contribution in [0.5, 0.6) is 28.7 Å². The molecule has 0 bridgehead atoms. The van der Waals surface area contributed by atoms with Gasteiger partial charge in [-0.05, 0) is 30.7 Å². The van der Waals surface area contributed by atoms with E-state index in [0.29, 0.717) is 36.0 Å². The molecular formula is C23H24O6. The standard InChI is InChI=1S/C23H24O6/c1-11(2)16-8-14-15(28-16)6-5-12-22(24)21-13-7-18(25-3)19(26-4)9-17(13)27-10-20(21)29-23(12)14/h5-7,9,16,20-22,24H,1,8,10H2,2-4H3/t16-,20?,21?,22?/m1/s1. The number of aliphatic hydroxyl groups is 1. The van der Waals surface area contributed by atoms with E-state index in [-0.39, 0.29) is 18.1 Å². The van der Waals surface area contributed by atoms with Gasteiger partial charge in [0.25, 0.3) is 0 Å². The maximum absolute atomic E-state index is 11.3. The Morgan fingerprint density at radius 3 is 2.55 bits per heavy atom. The average molecular weight is 396 g/mol. The van der Waals surface area contributed by atoms with Gasteiger partial charge in [-0.1, -0.05) is 6.58 Å². The molecule has 0 spiro atoms. The van der Waals surface area contributed by atoms with Gasteiger partial charge in [0.15, 0.2) is 11.5 Å². The van der Waals surface area contributed by atoms with Crippen molar-refractivity contribution in [3.8, 4) is 28.7 Å². The summed E-state index contributed by atoms with van der Waals surface area (Å²) >= 11 is 0. The van der Waals surface area contributed by atoms with Crippen molar-refractivity contribution in [2.24, 2.45) is 0 Å². The van der Waals surface area contributed by atoms with Crippen LogP contribution in [0.4, 0.5) is 0 Å². The van der Waals surface area contributed by atoms with E-state index in [0.717, 1.165) is 28.0 Å². The summed E-state index contributed by atoms with van der Waals surface area (Å²) in [7, 11) is 3.18. The summed E-state index contributed by atoms with van der Waals surface area (Å²) in [5.41, 5.74) is 3.60. The summed E-state index contributed by atoms with van der Waals surface area (Å²) < 4.78 is 29.2. The third-order valence-corrected chi connectivity index (χ3v) is 6.06. The maximum Gasteiger partial charge on any atom is 0.164 e. The molecule has 3 unspecified atom stereocenters. The lowest BCUT2D eigenvalue weighted by molar-refractivity contribution is 0.000791. The Kier molecular flexibility index (Phi) is 4.13. The third kappa shape index (κ3) is 2.66. The average Bonchev–Trinajstić information content (AvgIpc) is 3.17. The molecule has 6 heteroatoms. The van der Waals surface area contributed by atoms with Crippen LogP contribution in [0.1, 0.15) is 35.6 Å². The van der Waals surface area contributed by atoms with Crippen LogP contribution in [0.2, 0.25) is 0 Å². The Labute approximate surface area is 169 Å². The zero-order valence-corrected chi connectivity index (χ0v) is 16.7. The van der Waals surface area contributed by atoms with E-state index in [1.807, 2.05) is 25.1 Å². The number of ether oxygens (including phenoxy) is 5. The summed E-state index contributed by atoms with van der Waals surface area (Å²) in [6, 6.07) is 7.49. The van der Waals surface area contributed by atoms with Gasteiger partial charge >= 0.3 is 0 Å². The monoisotopic (exact) mass is 396 g/mol. The molecule has 1 N–H and O–H groups in total. The second-order valence-electron chi connectivity index (χ2n) is 7.80. The van der Waals surface area contributed by atoms with Crippen LogP contribution in [0, 0.1) is 0 Å². The van der Waals surface area contributed by atoms with E-state index in [2.05, 4.69) is 6.58 Å². The molecule has 2 aromatic carbocycles. The first kappa shape index (κ1) is 18.2. The van der Waals surface area contributed by atoms with E-state index in [4.69, 9.17) is 23.7 Å². The molecule has 3 aliphatic heterocycles. The van der Waals surface area contributed by atoms with Crippen LogP contribution in [-0.4, -0.2) is 38.1 Å². The van der Waals surface area contributed by atoms with Gasteiger partial charge in [0.2, 0.25) is 0 Å². The largest absolute Gasteiger partial charge is 0.493 e. The lowest BCUT2D eigenvalue weighted by atomic mass is 9.80. The Hall–Kier alpha value is -2.86. The fraction of sp³-hybridized carbons (Fsp3) is 0.391. The molecule has 2 aromatic rings. The number of hydrogen-bond acceptors (Lipinski definition) is 6. The van der Waals surface area contributed by atoms with Gasteiger partial charge < -0.3 is 28.8 Å². The highest BCUT2D eigenvalue weighted by molar-refractivity contribution is 5.59. The lowest BCUT2D eigenvalue weighted by Gasteiger charge is -2.41. The molecule has 0 aromatic heterocycles. The predicted molar refractivity (Wildman–Crippen MR) is 107 cm³/mol. The van der Waals surface area contributed by atoms with Crippen LogP contribution >= 0.6 is 0 Å². The van der Waals surface area contributed by atoms with E-state index >= 15 is 0 Å². The Morgan fingerprint density at radius 1 is 1.07 bits per heavy atom. The summed E-state index contributed by atoms with van der Waals surface area (Å²) in [5, 5.41) is 11.3. The van der Waals surface area contributed by atoms with Gasteiger partial charge in [-0.15, -0.1) is 0 Å². The zero-order chi connectivity index (χ0) is 20.3. The first-order valence-electron chi connectivity index (χ1n) is 9.73. The third-order valence-electron chi connectivity index (χ3n) is 6.06. The molecule has 0 saturated carbocycles. The molecule has 5 rings (SSSR count). The van der Waals surface area contributed by atoms with Gasteiger partial charge in [-0.2, -0.15) is 0 Å². The quantitative estimate of drug-likeness (QED) is 0.801. The highest BCUT2D eigenvalue weighted by Gasteiger charge is 2.45. The van der Waals surface area contributed by atoms with Crippen molar-refractivity contribution in [2.75, 3.05) is 20.8 Å². The van der Waals surface area contributed by atoms with E-state index in [9.17, 15) is 5.11 Å². The molecule has 0 saturated heterocycles.